The maximum atomic E-state index is 11.5. The molecule has 0 spiro atoms. The minimum Gasteiger partial charge on any atom is -0.315 e. The zero-order chi connectivity index (χ0) is 9.26. The number of carbonyl (C=O) groups is 1. The molecule has 0 atom stereocenters. The van der Waals surface area contributed by atoms with Gasteiger partial charge in [-0.1, -0.05) is 12.1 Å². The largest absolute Gasteiger partial charge is 0.315 e. The third-order valence-corrected chi connectivity index (χ3v) is 3.27. The van der Waals surface area contributed by atoms with Gasteiger partial charge in [-0.2, -0.15) is 0 Å². The first kappa shape index (κ1) is 8.63. The molecule has 13 heavy (non-hydrogen) atoms. The van der Waals surface area contributed by atoms with Crippen molar-refractivity contribution in [2.24, 2.45) is 0 Å². The molecule has 0 N–H and O–H groups in total. The Balaban J connectivity index is 2.47. The summed E-state index contributed by atoms with van der Waals surface area (Å²) in [5, 5.41) is 0. The van der Waals surface area contributed by atoms with Crippen molar-refractivity contribution in [3.8, 4) is 0 Å². The molecule has 2 nitrogen and oxygen atoms in total. The molecule has 2 rings (SSSR count). The van der Waals surface area contributed by atoms with Gasteiger partial charge in [0.1, 0.15) is 0 Å². The van der Waals surface area contributed by atoms with Crippen molar-refractivity contribution in [1.82, 2.24) is 0 Å². The molecule has 0 aromatic heterocycles. The summed E-state index contributed by atoms with van der Waals surface area (Å²) in [7, 11) is 0. The Morgan fingerprint density at radius 2 is 2.23 bits per heavy atom. The van der Waals surface area contributed by atoms with Gasteiger partial charge in [-0.05, 0) is 31.0 Å². The fraction of sp³-hybridized carbons (Fsp3) is 0.300. The van der Waals surface area contributed by atoms with Crippen molar-refractivity contribution in [2.45, 2.75) is 6.92 Å². The number of Topliss-reactive ketones (excluding diaryl/α,β-unsaturated/α-hetero) is 1. The predicted octanol–water partition coefficient (Wildman–Crippen LogP) is 2.36. The zero-order valence-electron chi connectivity index (χ0n) is 7.49. The number of nitrogens with zero attached hydrogens (tertiary/aromatic N) is 1. The van der Waals surface area contributed by atoms with E-state index in [1.54, 1.807) is 11.9 Å². The maximum Gasteiger partial charge on any atom is 0.176 e. The van der Waals surface area contributed by atoms with Gasteiger partial charge in [0.2, 0.25) is 0 Å². The highest BCUT2D eigenvalue weighted by Gasteiger charge is 2.21. The zero-order valence-corrected chi connectivity index (χ0v) is 8.30. The lowest BCUT2D eigenvalue weighted by Crippen LogP contribution is -2.24. The second kappa shape index (κ2) is 3.42. The Morgan fingerprint density at radius 3 is 3.00 bits per heavy atom. The van der Waals surface area contributed by atoms with Gasteiger partial charge < -0.3 is 4.31 Å². The van der Waals surface area contributed by atoms with E-state index in [2.05, 4.69) is 11.2 Å². The first-order valence-electron chi connectivity index (χ1n) is 4.35. The molecule has 0 saturated carbocycles. The van der Waals surface area contributed by atoms with Crippen LogP contribution in [0.4, 0.5) is 5.69 Å². The molecular formula is C10H11NOS. The molecule has 0 aliphatic carbocycles. The molecule has 3 heteroatoms. The number of hydrogen-bond donors (Lipinski definition) is 0. The quantitative estimate of drug-likeness (QED) is 0.639. The summed E-state index contributed by atoms with van der Waals surface area (Å²) in [4.78, 5) is 11.5. The van der Waals surface area contributed by atoms with E-state index in [0.717, 1.165) is 17.8 Å². The van der Waals surface area contributed by atoms with Crippen LogP contribution in [0.5, 0.6) is 0 Å². The van der Waals surface area contributed by atoms with Crippen LogP contribution in [0.15, 0.2) is 24.3 Å². The van der Waals surface area contributed by atoms with Crippen LogP contribution in [-0.2, 0) is 0 Å². The second-order valence-corrected chi connectivity index (χ2v) is 3.90. The topological polar surface area (TPSA) is 20.3 Å². The molecule has 1 aliphatic heterocycles. The summed E-state index contributed by atoms with van der Waals surface area (Å²) in [5.74, 6) is 0.815. The Morgan fingerprint density at radius 1 is 1.46 bits per heavy atom. The van der Waals surface area contributed by atoms with Crippen molar-refractivity contribution < 1.29 is 4.79 Å². The fourth-order valence-corrected chi connectivity index (χ4v) is 2.38. The molecule has 0 amide bonds. The van der Waals surface area contributed by atoms with E-state index >= 15 is 0 Å². The van der Waals surface area contributed by atoms with Gasteiger partial charge >= 0.3 is 0 Å². The van der Waals surface area contributed by atoms with Gasteiger partial charge in [-0.15, -0.1) is 0 Å². The van der Waals surface area contributed by atoms with Crippen molar-refractivity contribution >= 4 is 23.4 Å². The lowest BCUT2D eigenvalue weighted by Gasteiger charge is -2.27. The van der Waals surface area contributed by atoms with Gasteiger partial charge in [0.25, 0.3) is 0 Å². The fourth-order valence-electron chi connectivity index (χ4n) is 1.47. The first-order valence-corrected chi connectivity index (χ1v) is 5.30. The third-order valence-electron chi connectivity index (χ3n) is 2.11. The number of benzene rings is 1. The molecule has 1 aromatic carbocycles. The lowest BCUT2D eigenvalue weighted by molar-refractivity contribution is 0.102. The molecule has 1 heterocycles. The van der Waals surface area contributed by atoms with E-state index in [-0.39, 0.29) is 5.78 Å². The minimum atomic E-state index is 0.241. The molecule has 0 saturated heterocycles. The number of hydrogen-bond acceptors (Lipinski definition) is 3. The van der Waals surface area contributed by atoms with Crippen LogP contribution in [0.3, 0.4) is 0 Å². The summed E-state index contributed by atoms with van der Waals surface area (Å²) >= 11 is 1.60. The van der Waals surface area contributed by atoms with E-state index < -0.39 is 0 Å². The maximum absolute atomic E-state index is 11.5. The van der Waals surface area contributed by atoms with Crippen LogP contribution in [0.2, 0.25) is 0 Å². The Labute approximate surface area is 82.1 Å². The molecule has 1 aliphatic rings. The van der Waals surface area contributed by atoms with Crippen molar-refractivity contribution in [2.75, 3.05) is 16.6 Å². The van der Waals surface area contributed by atoms with Crippen LogP contribution >= 0.6 is 11.9 Å². The molecular weight excluding hydrogens is 182 g/mol. The van der Waals surface area contributed by atoms with Crippen LogP contribution in [-0.4, -0.2) is 18.1 Å². The first-order chi connectivity index (χ1) is 6.33. The van der Waals surface area contributed by atoms with Crippen LogP contribution < -0.4 is 4.31 Å². The number of rotatable bonds is 1. The summed E-state index contributed by atoms with van der Waals surface area (Å²) < 4.78 is 2.16. The highest BCUT2D eigenvalue weighted by molar-refractivity contribution is 8.01. The molecule has 0 fully saturated rings. The second-order valence-electron chi connectivity index (χ2n) is 2.91. The number of ketones is 1. The number of carbonyl (C=O) groups excluding carboxylic acids is 1. The molecule has 0 unspecified atom stereocenters. The van der Waals surface area contributed by atoms with Gasteiger partial charge in [-0.25, -0.2) is 0 Å². The molecule has 0 bridgehead atoms. The number of fused-ring (bicyclic) bond motifs is 1. The number of anilines is 1. The van der Waals surface area contributed by atoms with Crippen LogP contribution in [0, 0.1) is 0 Å². The highest BCUT2D eigenvalue weighted by atomic mass is 32.2. The number of para-hydroxylation sites is 1. The van der Waals surface area contributed by atoms with Crippen molar-refractivity contribution in [3.05, 3.63) is 29.8 Å². The van der Waals surface area contributed by atoms with E-state index in [0.29, 0.717) is 5.75 Å². The predicted molar refractivity (Wildman–Crippen MR) is 56.3 cm³/mol. The normalized spacial score (nSPS) is 15.8. The highest BCUT2D eigenvalue weighted by Crippen LogP contribution is 2.31. The van der Waals surface area contributed by atoms with E-state index in [1.807, 2.05) is 24.3 Å². The molecule has 1 aromatic rings. The SMILES string of the molecule is CCN1SCC(=O)c2ccccc21. The molecule has 0 radical (unpaired) electrons. The van der Waals surface area contributed by atoms with E-state index in [4.69, 9.17) is 0 Å². The monoisotopic (exact) mass is 193 g/mol. The average Bonchev–Trinajstić information content (AvgIpc) is 2.19. The van der Waals surface area contributed by atoms with Gasteiger partial charge in [-0.3, -0.25) is 4.79 Å². The van der Waals surface area contributed by atoms with Crippen LogP contribution in [0.1, 0.15) is 17.3 Å². The van der Waals surface area contributed by atoms with E-state index in [1.165, 1.54) is 0 Å². The average molecular weight is 193 g/mol. The summed E-state index contributed by atoms with van der Waals surface area (Å²) in [6.45, 7) is 3.04. The van der Waals surface area contributed by atoms with Gasteiger partial charge in [0.15, 0.2) is 5.78 Å². The van der Waals surface area contributed by atoms with Crippen LogP contribution in [0.25, 0.3) is 0 Å². The summed E-state index contributed by atoms with van der Waals surface area (Å²) in [5.41, 5.74) is 1.93. The summed E-state index contributed by atoms with van der Waals surface area (Å²) in [6.07, 6.45) is 0. The smallest absolute Gasteiger partial charge is 0.176 e. The Kier molecular flexibility index (Phi) is 2.27. The van der Waals surface area contributed by atoms with Gasteiger partial charge in [0.05, 0.1) is 11.4 Å². The Hall–Kier alpha value is -0.960. The van der Waals surface area contributed by atoms with Gasteiger partial charge in [0, 0.05) is 12.1 Å². The summed E-state index contributed by atoms with van der Waals surface area (Å²) in [6, 6.07) is 7.80. The minimum absolute atomic E-state index is 0.241. The van der Waals surface area contributed by atoms with Crippen molar-refractivity contribution in [3.63, 3.8) is 0 Å². The molecule has 68 valence electrons. The van der Waals surface area contributed by atoms with E-state index in [9.17, 15) is 4.79 Å². The third kappa shape index (κ3) is 1.44. The lowest BCUT2D eigenvalue weighted by atomic mass is 10.1. The van der Waals surface area contributed by atoms with Crippen molar-refractivity contribution in [1.29, 1.82) is 0 Å². The standard InChI is InChI=1S/C10H11NOS/c1-2-11-9-6-4-3-5-8(9)10(12)7-13-11/h3-6H,2,7H2,1H3. The Bertz CT molecular complexity index is 337.